The standard InChI is InChI=1S/C84H154NO8P/c1-6-8-10-12-14-16-18-20-22-24-26-28-30-32-34-36-37-38-39-40-41-42-43-44-45-46-47-49-50-52-54-56-58-60-62-64-66-68-70-72-74-76-83(86)90-80-82(81-92-94(88,89)91-79-78-85(3,4)5)93-84(87)77-75-73-71-69-67-65-63-61-59-57-55-53-51-48-35-33-31-29-27-25-23-21-19-17-15-13-11-9-7-2/h9,11,15,17-18,20-21,23-24,26-27,29-30,32,82H,6-8,10,12-14,16,19,22,25,28,31,33-81H2,1-5H3/p+1/b11-9-,17-15-,20-18-,23-21-,26-24-,29-27-,32-30-. The van der Waals surface area contributed by atoms with Gasteiger partial charge in [-0.1, -0.05) is 369 Å². The molecule has 0 aromatic carbocycles. The molecule has 0 radical (unpaired) electrons. The van der Waals surface area contributed by atoms with E-state index in [1.165, 1.54) is 283 Å². The fourth-order valence-corrected chi connectivity index (χ4v) is 12.5. The van der Waals surface area contributed by atoms with Crippen LogP contribution in [0.25, 0.3) is 0 Å². The molecule has 0 bridgehead atoms. The van der Waals surface area contributed by atoms with E-state index in [4.69, 9.17) is 18.5 Å². The lowest BCUT2D eigenvalue weighted by atomic mass is 10.0. The highest BCUT2D eigenvalue weighted by Crippen LogP contribution is 2.43. The van der Waals surface area contributed by atoms with E-state index in [0.29, 0.717) is 23.9 Å². The maximum absolute atomic E-state index is 12.9. The molecule has 548 valence electrons. The van der Waals surface area contributed by atoms with Gasteiger partial charge in [0, 0.05) is 12.8 Å². The number of carbonyl (C=O) groups is 2. The van der Waals surface area contributed by atoms with E-state index in [9.17, 15) is 19.0 Å². The van der Waals surface area contributed by atoms with Crippen molar-refractivity contribution < 1.29 is 42.1 Å². The highest BCUT2D eigenvalue weighted by atomic mass is 31.2. The Hall–Kier alpha value is -2.81. The molecule has 0 saturated heterocycles. The molecule has 2 unspecified atom stereocenters. The lowest BCUT2D eigenvalue weighted by Gasteiger charge is -2.24. The van der Waals surface area contributed by atoms with Crippen LogP contribution in [0.3, 0.4) is 0 Å². The van der Waals surface area contributed by atoms with Gasteiger partial charge >= 0.3 is 19.8 Å². The van der Waals surface area contributed by atoms with Crippen molar-refractivity contribution in [1.82, 2.24) is 0 Å². The number of hydrogen-bond acceptors (Lipinski definition) is 7. The highest BCUT2D eigenvalue weighted by Gasteiger charge is 2.27. The van der Waals surface area contributed by atoms with Gasteiger partial charge in [0.15, 0.2) is 6.10 Å². The van der Waals surface area contributed by atoms with Crippen LogP contribution in [0.1, 0.15) is 386 Å². The van der Waals surface area contributed by atoms with Gasteiger partial charge in [-0.2, -0.15) is 0 Å². The number of quaternary nitrogens is 1. The second kappa shape index (κ2) is 74.4. The summed E-state index contributed by atoms with van der Waals surface area (Å²) in [6.45, 7) is 4.37. The van der Waals surface area contributed by atoms with Crippen LogP contribution in [0.5, 0.6) is 0 Å². The Kier molecular flexibility index (Phi) is 72.2. The summed E-state index contributed by atoms with van der Waals surface area (Å²) in [5.41, 5.74) is 0. The zero-order valence-corrected chi connectivity index (χ0v) is 63.6. The van der Waals surface area contributed by atoms with Gasteiger partial charge in [-0.15, -0.1) is 0 Å². The number of likely N-dealkylation sites (N-methyl/N-ethyl adjacent to an activating group) is 1. The van der Waals surface area contributed by atoms with Crippen molar-refractivity contribution in [3.8, 4) is 0 Å². The quantitative estimate of drug-likeness (QED) is 0.0211. The van der Waals surface area contributed by atoms with Gasteiger partial charge in [0.2, 0.25) is 0 Å². The molecule has 0 spiro atoms. The Balaban J connectivity index is 3.89. The maximum Gasteiger partial charge on any atom is 0.472 e. The normalized spacial score (nSPS) is 13.5. The van der Waals surface area contributed by atoms with Gasteiger partial charge < -0.3 is 18.9 Å². The summed E-state index contributed by atoms with van der Waals surface area (Å²) in [5, 5.41) is 0. The van der Waals surface area contributed by atoms with Crippen molar-refractivity contribution >= 4 is 19.8 Å². The topological polar surface area (TPSA) is 108 Å². The third-order valence-electron chi connectivity index (χ3n) is 17.9. The van der Waals surface area contributed by atoms with E-state index >= 15 is 0 Å². The Morgan fingerprint density at radius 2 is 0.606 bits per heavy atom. The predicted molar refractivity (Wildman–Crippen MR) is 409 cm³/mol. The minimum absolute atomic E-state index is 0.0321. The molecule has 10 heteroatoms. The van der Waals surface area contributed by atoms with Crippen LogP contribution in [-0.4, -0.2) is 74.9 Å². The minimum atomic E-state index is -4.40. The molecule has 0 aromatic rings. The van der Waals surface area contributed by atoms with Crippen LogP contribution in [0, 0.1) is 0 Å². The molecular weight excluding hydrogens is 1180 g/mol. The summed E-state index contributed by atoms with van der Waals surface area (Å²) >= 11 is 0. The summed E-state index contributed by atoms with van der Waals surface area (Å²) in [6, 6.07) is 0. The Morgan fingerprint density at radius 1 is 0.340 bits per heavy atom. The SMILES string of the molecule is CC/C=C\C/C=C\C/C=C\C/C=C\CCCCCCCCCCCCCCCCCCC(=O)OC(COC(=O)CCCCCCCCCCCCCCCCCCCCCCCCCCCC/C=C\C/C=C\C/C=C\CCCCCCC)COP(=O)(O)OCC[N+](C)(C)C. The third kappa shape index (κ3) is 78.2. The number of carbonyl (C=O) groups excluding carboxylic acids is 2. The summed E-state index contributed by atoms with van der Waals surface area (Å²) in [5.74, 6) is -0.779. The smallest absolute Gasteiger partial charge is 0.462 e. The van der Waals surface area contributed by atoms with Crippen molar-refractivity contribution in [1.29, 1.82) is 0 Å². The van der Waals surface area contributed by atoms with Crippen molar-refractivity contribution in [3.63, 3.8) is 0 Å². The number of ether oxygens (including phenoxy) is 2. The van der Waals surface area contributed by atoms with E-state index in [2.05, 4.69) is 98.9 Å². The van der Waals surface area contributed by atoms with Gasteiger partial charge in [-0.3, -0.25) is 18.6 Å². The molecule has 0 rings (SSSR count). The van der Waals surface area contributed by atoms with Crippen LogP contribution in [-0.2, 0) is 32.7 Å². The molecule has 0 amide bonds. The number of phosphoric ester groups is 1. The fraction of sp³-hybridized carbons (Fsp3) is 0.810. The number of phosphoric acid groups is 1. The fourth-order valence-electron chi connectivity index (χ4n) is 11.8. The van der Waals surface area contributed by atoms with Crippen molar-refractivity contribution in [2.45, 2.75) is 392 Å². The first-order valence-corrected chi connectivity index (χ1v) is 41.8. The van der Waals surface area contributed by atoms with Crippen LogP contribution in [0.2, 0.25) is 0 Å². The molecule has 0 aliphatic heterocycles. The molecule has 0 aliphatic carbocycles. The first-order chi connectivity index (χ1) is 46.0. The monoisotopic (exact) mass is 1340 g/mol. The number of allylic oxidation sites excluding steroid dienone is 14. The Bertz CT molecular complexity index is 1860. The molecule has 0 heterocycles. The first kappa shape index (κ1) is 91.2. The van der Waals surface area contributed by atoms with E-state index < -0.39 is 26.5 Å². The summed E-state index contributed by atoms with van der Waals surface area (Å²) < 4.78 is 34.8. The van der Waals surface area contributed by atoms with Gasteiger partial charge in [0.25, 0.3) is 0 Å². The zero-order chi connectivity index (χ0) is 68.3. The lowest BCUT2D eigenvalue weighted by Crippen LogP contribution is -2.37. The van der Waals surface area contributed by atoms with Gasteiger partial charge in [0.1, 0.15) is 19.8 Å². The molecule has 0 aromatic heterocycles. The average molecular weight is 1340 g/mol. The highest BCUT2D eigenvalue weighted by molar-refractivity contribution is 7.47. The third-order valence-corrected chi connectivity index (χ3v) is 18.9. The van der Waals surface area contributed by atoms with Crippen molar-refractivity contribution in [2.75, 3.05) is 47.5 Å². The number of rotatable bonds is 75. The van der Waals surface area contributed by atoms with Gasteiger partial charge in [-0.05, 0) is 89.9 Å². The maximum atomic E-state index is 12.9. The molecule has 94 heavy (non-hydrogen) atoms. The average Bonchev–Trinajstić information content (AvgIpc) is 1.65. The van der Waals surface area contributed by atoms with Crippen molar-refractivity contribution in [3.05, 3.63) is 85.1 Å². The van der Waals surface area contributed by atoms with Crippen LogP contribution >= 0.6 is 7.82 Å². The van der Waals surface area contributed by atoms with Gasteiger partial charge in [-0.25, -0.2) is 4.57 Å². The Morgan fingerprint density at radius 3 is 0.904 bits per heavy atom. The zero-order valence-electron chi connectivity index (χ0n) is 62.7. The van der Waals surface area contributed by atoms with Crippen LogP contribution in [0.4, 0.5) is 0 Å². The number of esters is 2. The predicted octanol–water partition coefficient (Wildman–Crippen LogP) is 26.8. The molecule has 0 saturated carbocycles. The summed E-state index contributed by atoms with van der Waals surface area (Å²) in [6.07, 6.45) is 103. The second-order valence-electron chi connectivity index (χ2n) is 28.4. The van der Waals surface area contributed by atoms with Crippen LogP contribution < -0.4 is 0 Å². The molecular formula is C84H155NO8P+. The Labute approximate surface area is 583 Å². The first-order valence-electron chi connectivity index (χ1n) is 40.3. The van der Waals surface area contributed by atoms with Crippen molar-refractivity contribution in [2.24, 2.45) is 0 Å². The van der Waals surface area contributed by atoms with E-state index in [1.807, 2.05) is 21.1 Å². The minimum Gasteiger partial charge on any atom is -0.462 e. The van der Waals surface area contributed by atoms with E-state index in [1.54, 1.807) is 0 Å². The summed E-state index contributed by atoms with van der Waals surface area (Å²) in [4.78, 5) is 36.0. The molecule has 0 aliphatic rings. The number of hydrogen-bond donors (Lipinski definition) is 1. The summed E-state index contributed by atoms with van der Waals surface area (Å²) in [7, 11) is 1.49. The van der Waals surface area contributed by atoms with Gasteiger partial charge in [0.05, 0.1) is 27.7 Å². The largest absolute Gasteiger partial charge is 0.472 e. The number of unbranched alkanes of at least 4 members (excludes halogenated alkanes) is 47. The molecule has 2 atom stereocenters. The molecule has 9 nitrogen and oxygen atoms in total. The van der Waals surface area contributed by atoms with E-state index in [-0.39, 0.29) is 25.6 Å². The lowest BCUT2D eigenvalue weighted by molar-refractivity contribution is -0.870. The molecule has 0 fully saturated rings. The second-order valence-corrected chi connectivity index (χ2v) is 29.9. The molecule has 1 N–H and O–H groups in total. The van der Waals surface area contributed by atoms with E-state index in [0.717, 1.165) is 70.6 Å². The number of nitrogens with zero attached hydrogens (tertiary/aromatic N) is 1. The van der Waals surface area contributed by atoms with Crippen LogP contribution in [0.15, 0.2) is 85.1 Å².